The first-order valence-corrected chi connectivity index (χ1v) is 9.59. The lowest BCUT2D eigenvalue weighted by Gasteiger charge is -2.26. The minimum atomic E-state index is -0.101. The summed E-state index contributed by atoms with van der Waals surface area (Å²) in [6.45, 7) is 1.27. The fourth-order valence-electron chi connectivity index (χ4n) is 3.67. The van der Waals surface area contributed by atoms with E-state index < -0.39 is 0 Å². The van der Waals surface area contributed by atoms with Crippen LogP contribution in [-0.2, 0) is 4.79 Å². The predicted octanol–water partition coefficient (Wildman–Crippen LogP) is 3.14. The zero-order valence-corrected chi connectivity index (χ0v) is 15.2. The molecule has 0 spiro atoms. The van der Waals surface area contributed by atoms with E-state index in [-0.39, 0.29) is 17.9 Å². The Balaban J connectivity index is 1.51. The number of hydrogen-bond donors (Lipinski definition) is 3. The van der Waals surface area contributed by atoms with E-state index in [9.17, 15) is 9.59 Å². The molecule has 4 heterocycles. The van der Waals surface area contributed by atoms with Gasteiger partial charge in [-0.25, -0.2) is 4.79 Å². The van der Waals surface area contributed by atoms with Gasteiger partial charge in [-0.05, 0) is 35.9 Å². The van der Waals surface area contributed by atoms with E-state index in [4.69, 9.17) is 0 Å². The number of amides is 3. The Kier molecular flexibility index (Phi) is 3.71. The highest BCUT2D eigenvalue weighted by atomic mass is 32.1. The quantitative estimate of drug-likeness (QED) is 0.653. The van der Waals surface area contributed by atoms with E-state index in [1.807, 2.05) is 24.3 Å². The molecule has 3 N–H and O–H groups in total. The molecule has 1 unspecified atom stereocenters. The number of aromatic nitrogens is 2. The Morgan fingerprint density at radius 2 is 2.07 bits per heavy atom. The first kappa shape index (κ1) is 16.1. The van der Waals surface area contributed by atoms with Crippen molar-refractivity contribution >= 4 is 34.6 Å². The molecule has 0 saturated carbocycles. The van der Waals surface area contributed by atoms with E-state index >= 15 is 0 Å². The van der Waals surface area contributed by atoms with Crippen LogP contribution in [0.4, 0.5) is 16.2 Å². The van der Waals surface area contributed by atoms with Crippen LogP contribution in [0.1, 0.15) is 22.8 Å². The number of nitrogens with zero attached hydrogens (tertiary/aromatic N) is 2. The van der Waals surface area contributed by atoms with E-state index in [1.165, 1.54) is 0 Å². The maximum Gasteiger partial charge on any atom is 0.321 e. The van der Waals surface area contributed by atoms with Gasteiger partial charge >= 0.3 is 6.03 Å². The van der Waals surface area contributed by atoms with Crippen LogP contribution in [0.15, 0.2) is 42.6 Å². The summed E-state index contributed by atoms with van der Waals surface area (Å²) in [5.41, 5.74) is 3.64. The number of rotatable bonds is 3. The third-order valence-corrected chi connectivity index (χ3v) is 6.21. The molecule has 0 bridgehead atoms. The standard InChI is InChI=1S/C19H17N5O2S/c25-18-10-13(16-3-4-17(27-16)14-5-6-21-23-14)12-2-1-11(9-15(12)22-18)24-8-7-20-19(24)26/h1-6,9,13H,7-8,10H2,(H,20,26)(H,21,23)(H,22,25). The molecule has 2 aromatic heterocycles. The number of nitrogens with one attached hydrogen (secondary N) is 3. The van der Waals surface area contributed by atoms with Crippen LogP contribution in [0.5, 0.6) is 0 Å². The van der Waals surface area contributed by atoms with Crippen molar-refractivity contribution in [1.29, 1.82) is 0 Å². The number of urea groups is 1. The summed E-state index contributed by atoms with van der Waals surface area (Å²) in [4.78, 5) is 28.2. The topological polar surface area (TPSA) is 90.1 Å². The van der Waals surface area contributed by atoms with Crippen molar-refractivity contribution in [3.05, 3.63) is 53.0 Å². The number of hydrogen-bond acceptors (Lipinski definition) is 4. The highest BCUT2D eigenvalue weighted by Gasteiger charge is 2.29. The Labute approximate surface area is 159 Å². The van der Waals surface area contributed by atoms with Crippen molar-refractivity contribution in [3.63, 3.8) is 0 Å². The number of aromatic amines is 1. The highest BCUT2D eigenvalue weighted by Crippen LogP contribution is 2.42. The van der Waals surface area contributed by atoms with Crippen LogP contribution >= 0.6 is 11.3 Å². The van der Waals surface area contributed by atoms with Gasteiger partial charge in [0.1, 0.15) is 0 Å². The largest absolute Gasteiger partial charge is 0.336 e. The Hall–Kier alpha value is -3.13. The Bertz CT molecular complexity index is 1030. The minimum absolute atomic E-state index is 0.00739. The molecule has 1 atom stereocenters. The molecular weight excluding hydrogens is 362 g/mol. The van der Waals surface area contributed by atoms with Gasteiger partial charge in [-0.3, -0.25) is 14.8 Å². The number of anilines is 2. The van der Waals surface area contributed by atoms with Crippen LogP contribution in [0.3, 0.4) is 0 Å². The summed E-state index contributed by atoms with van der Waals surface area (Å²) in [6, 6.07) is 11.8. The normalized spacial score (nSPS) is 19.0. The Morgan fingerprint density at radius 3 is 2.85 bits per heavy atom. The second-order valence-corrected chi connectivity index (χ2v) is 7.75. The molecule has 2 aliphatic heterocycles. The van der Waals surface area contributed by atoms with Gasteiger partial charge in [-0.15, -0.1) is 11.3 Å². The molecule has 2 aliphatic rings. The van der Waals surface area contributed by atoms with Crippen LogP contribution in [-0.4, -0.2) is 35.2 Å². The molecule has 1 aromatic carbocycles. The number of benzene rings is 1. The molecule has 136 valence electrons. The molecule has 8 heteroatoms. The molecule has 3 aromatic rings. The molecule has 7 nitrogen and oxygen atoms in total. The summed E-state index contributed by atoms with van der Waals surface area (Å²) >= 11 is 1.67. The van der Waals surface area contributed by atoms with Crippen molar-refractivity contribution in [3.8, 4) is 10.6 Å². The smallest absolute Gasteiger partial charge is 0.321 e. The van der Waals surface area contributed by atoms with Crippen LogP contribution < -0.4 is 15.5 Å². The third kappa shape index (κ3) is 2.78. The lowest BCUT2D eigenvalue weighted by Crippen LogP contribution is -2.28. The minimum Gasteiger partial charge on any atom is -0.336 e. The van der Waals surface area contributed by atoms with Gasteiger partial charge < -0.3 is 10.6 Å². The lowest BCUT2D eigenvalue weighted by molar-refractivity contribution is -0.116. The summed E-state index contributed by atoms with van der Waals surface area (Å²) in [5, 5.41) is 12.7. The van der Waals surface area contributed by atoms with Crippen LogP contribution in [0, 0.1) is 0 Å². The van der Waals surface area contributed by atoms with Crippen LogP contribution in [0.25, 0.3) is 10.6 Å². The van der Waals surface area contributed by atoms with E-state index in [1.54, 1.807) is 22.4 Å². The number of carbonyl (C=O) groups excluding carboxylic acids is 2. The Morgan fingerprint density at radius 1 is 1.15 bits per heavy atom. The molecule has 0 radical (unpaired) electrons. The first-order valence-electron chi connectivity index (χ1n) is 8.78. The molecule has 1 fully saturated rings. The zero-order valence-electron chi connectivity index (χ0n) is 14.4. The van der Waals surface area contributed by atoms with E-state index in [0.717, 1.165) is 32.4 Å². The number of thiophene rings is 1. The van der Waals surface area contributed by atoms with Gasteiger partial charge in [0.2, 0.25) is 5.91 Å². The molecule has 5 rings (SSSR count). The van der Waals surface area contributed by atoms with Gasteiger partial charge in [0.25, 0.3) is 0 Å². The SMILES string of the molecule is O=C1CC(c2ccc(-c3ccn[nH]3)s2)c2ccc(N3CCNC3=O)cc2N1. The summed E-state index contributed by atoms with van der Waals surface area (Å²) < 4.78 is 0. The maximum atomic E-state index is 12.3. The maximum absolute atomic E-state index is 12.3. The molecule has 1 saturated heterocycles. The third-order valence-electron chi connectivity index (χ3n) is 4.98. The van der Waals surface area contributed by atoms with Crippen LogP contribution in [0.2, 0.25) is 0 Å². The van der Waals surface area contributed by atoms with Gasteiger partial charge in [0.15, 0.2) is 0 Å². The summed E-state index contributed by atoms with van der Waals surface area (Å²) in [6.07, 6.45) is 2.15. The molecular formula is C19H17N5O2S. The van der Waals surface area contributed by atoms with Crippen molar-refractivity contribution < 1.29 is 9.59 Å². The van der Waals surface area contributed by atoms with Gasteiger partial charge in [-0.2, -0.15) is 5.10 Å². The predicted molar refractivity (Wildman–Crippen MR) is 104 cm³/mol. The molecule has 0 aliphatic carbocycles. The molecule has 3 amide bonds. The van der Waals surface area contributed by atoms with Crippen molar-refractivity contribution in [2.24, 2.45) is 0 Å². The average Bonchev–Trinajstić information content (AvgIpc) is 3.41. The first-order chi connectivity index (χ1) is 13.2. The zero-order chi connectivity index (χ0) is 18.4. The number of carbonyl (C=O) groups is 2. The number of fused-ring (bicyclic) bond motifs is 1. The fourth-order valence-corrected chi connectivity index (χ4v) is 4.77. The van der Waals surface area contributed by atoms with Crippen molar-refractivity contribution in [1.82, 2.24) is 15.5 Å². The summed E-state index contributed by atoms with van der Waals surface area (Å²) in [7, 11) is 0. The second kappa shape index (κ2) is 6.24. The average molecular weight is 379 g/mol. The monoisotopic (exact) mass is 379 g/mol. The fraction of sp³-hybridized carbons (Fsp3) is 0.211. The van der Waals surface area contributed by atoms with Gasteiger partial charge in [0.05, 0.1) is 10.6 Å². The second-order valence-electron chi connectivity index (χ2n) is 6.63. The van der Waals surface area contributed by atoms with Gasteiger partial charge in [0, 0.05) is 47.9 Å². The van der Waals surface area contributed by atoms with E-state index in [2.05, 4.69) is 33.0 Å². The molecule has 27 heavy (non-hydrogen) atoms. The highest BCUT2D eigenvalue weighted by molar-refractivity contribution is 7.15. The lowest BCUT2D eigenvalue weighted by atomic mass is 9.89. The van der Waals surface area contributed by atoms with Crippen molar-refractivity contribution in [2.75, 3.05) is 23.3 Å². The van der Waals surface area contributed by atoms with Crippen molar-refractivity contribution in [2.45, 2.75) is 12.3 Å². The number of H-pyrrole nitrogens is 1. The van der Waals surface area contributed by atoms with Gasteiger partial charge in [-0.1, -0.05) is 6.07 Å². The summed E-state index contributed by atoms with van der Waals surface area (Å²) in [5.74, 6) is 0.00360. The van der Waals surface area contributed by atoms with E-state index in [0.29, 0.717) is 19.5 Å².